The number of halogens is 1. The summed E-state index contributed by atoms with van der Waals surface area (Å²) in [5, 5.41) is 1.01. The quantitative estimate of drug-likeness (QED) is 0.662. The van der Waals surface area contributed by atoms with Crippen LogP contribution in [-0.4, -0.2) is 14.5 Å². The van der Waals surface area contributed by atoms with Gasteiger partial charge in [-0.2, -0.15) is 9.97 Å². The van der Waals surface area contributed by atoms with Gasteiger partial charge in [0.1, 0.15) is 11.4 Å². The van der Waals surface area contributed by atoms with Gasteiger partial charge in [-0.15, -0.1) is 0 Å². The predicted molar refractivity (Wildman–Crippen MR) is 70.0 cm³/mol. The Morgan fingerprint density at radius 1 is 1.11 bits per heavy atom. The maximum Gasteiger partial charge on any atom is 0.233 e. The van der Waals surface area contributed by atoms with Crippen molar-refractivity contribution in [2.24, 2.45) is 7.05 Å². The molecule has 90 valence electrons. The van der Waals surface area contributed by atoms with Gasteiger partial charge in [-0.1, -0.05) is 18.2 Å². The highest BCUT2D eigenvalue weighted by atomic mass is 35.5. The van der Waals surface area contributed by atoms with Crippen LogP contribution >= 0.6 is 11.6 Å². The molecule has 1 aromatic carbocycles. The minimum atomic E-state index is 0.176. The molecule has 0 amide bonds. The van der Waals surface area contributed by atoms with Crippen molar-refractivity contribution in [2.75, 3.05) is 0 Å². The van der Waals surface area contributed by atoms with Gasteiger partial charge in [0.2, 0.25) is 11.2 Å². The molecule has 4 nitrogen and oxygen atoms in total. The Hall–Kier alpha value is -2.07. The van der Waals surface area contributed by atoms with Crippen LogP contribution in [0.25, 0.3) is 11.0 Å². The molecule has 0 radical (unpaired) electrons. The Kier molecular flexibility index (Phi) is 2.64. The molecule has 0 saturated carbocycles. The number of fused-ring (bicyclic) bond motifs is 1. The molecule has 18 heavy (non-hydrogen) atoms. The van der Waals surface area contributed by atoms with Crippen LogP contribution < -0.4 is 4.74 Å². The van der Waals surface area contributed by atoms with E-state index in [-0.39, 0.29) is 5.28 Å². The third-order valence-electron chi connectivity index (χ3n) is 2.62. The van der Waals surface area contributed by atoms with Gasteiger partial charge < -0.3 is 9.30 Å². The summed E-state index contributed by atoms with van der Waals surface area (Å²) in [6, 6.07) is 11.4. The fourth-order valence-electron chi connectivity index (χ4n) is 1.76. The van der Waals surface area contributed by atoms with E-state index in [2.05, 4.69) is 9.97 Å². The van der Waals surface area contributed by atoms with E-state index in [0.29, 0.717) is 5.88 Å². The van der Waals surface area contributed by atoms with Crippen molar-refractivity contribution in [3.8, 4) is 11.6 Å². The normalized spacial score (nSPS) is 10.8. The van der Waals surface area contributed by atoms with E-state index in [1.54, 1.807) is 0 Å². The van der Waals surface area contributed by atoms with Crippen molar-refractivity contribution < 1.29 is 4.74 Å². The van der Waals surface area contributed by atoms with Gasteiger partial charge in [0.05, 0.1) is 5.39 Å². The van der Waals surface area contributed by atoms with Crippen LogP contribution in [0, 0.1) is 0 Å². The summed E-state index contributed by atoms with van der Waals surface area (Å²) < 4.78 is 7.61. The van der Waals surface area contributed by atoms with E-state index in [0.717, 1.165) is 16.8 Å². The third kappa shape index (κ3) is 1.91. The van der Waals surface area contributed by atoms with E-state index < -0.39 is 0 Å². The molecule has 0 aliphatic rings. The lowest BCUT2D eigenvalue weighted by atomic mass is 10.3. The molecule has 2 aromatic heterocycles. The second-order valence-corrected chi connectivity index (χ2v) is 4.21. The zero-order valence-electron chi connectivity index (χ0n) is 9.67. The highest BCUT2D eigenvalue weighted by Crippen LogP contribution is 2.28. The molecule has 0 aliphatic carbocycles. The van der Waals surface area contributed by atoms with E-state index >= 15 is 0 Å². The summed E-state index contributed by atoms with van der Waals surface area (Å²) in [7, 11) is 1.90. The standard InChI is InChI=1S/C13H10ClN3O/c1-17-8-7-10-11(17)15-13(14)16-12(10)18-9-5-3-2-4-6-9/h2-8H,1H3. The van der Waals surface area contributed by atoms with Gasteiger partial charge in [0, 0.05) is 13.2 Å². The van der Waals surface area contributed by atoms with E-state index in [4.69, 9.17) is 16.3 Å². The molecule has 3 aromatic rings. The van der Waals surface area contributed by atoms with Gasteiger partial charge in [0.25, 0.3) is 0 Å². The minimum Gasteiger partial charge on any atom is -0.438 e. The SMILES string of the molecule is Cn1ccc2c(Oc3ccccc3)nc(Cl)nc21. The Morgan fingerprint density at radius 2 is 1.89 bits per heavy atom. The molecule has 0 bridgehead atoms. The van der Waals surface area contributed by atoms with Gasteiger partial charge in [-0.25, -0.2) is 0 Å². The third-order valence-corrected chi connectivity index (χ3v) is 2.79. The highest BCUT2D eigenvalue weighted by Gasteiger charge is 2.11. The molecule has 2 heterocycles. The largest absolute Gasteiger partial charge is 0.438 e. The molecule has 3 rings (SSSR count). The number of aromatic nitrogens is 3. The van der Waals surface area contributed by atoms with Crippen LogP contribution in [0.4, 0.5) is 0 Å². The number of hydrogen-bond donors (Lipinski definition) is 0. The summed E-state index contributed by atoms with van der Waals surface area (Å²) >= 11 is 5.90. The molecule has 0 saturated heterocycles. The van der Waals surface area contributed by atoms with Crippen LogP contribution in [0.2, 0.25) is 5.28 Å². The molecule has 0 N–H and O–H groups in total. The Morgan fingerprint density at radius 3 is 2.67 bits per heavy atom. The number of nitrogens with zero attached hydrogens (tertiary/aromatic N) is 3. The first-order valence-electron chi connectivity index (χ1n) is 5.45. The summed E-state index contributed by atoms with van der Waals surface area (Å²) in [6.45, 7) is 0. The number of para-hydroxylation sites is 1. The molecule has 0 unspecified atom stereocenters. The number of benzene rings is 1. The molecule has 0 spiro atoms. The van der Waals surface area contributed by atoms with Crippen LogP contribution in [0.1, 0.15) is 0 Å². The van der Waals surface area contributed by atoms with E-state index in [1.165, 1.54) is 0 Å². The van der Waals surface area contributed by atoms with Crippen molar-refractivity contribution in [1.29, 1.82) is 0 Å². The molecule has 0 atom stereocenters. The monoisotopic (exact) mass is 259 g/mol. The Labute approximate surface area is 109 Å². The summed E-state index contributed by atoms with van der Waals surface area (Å²) in [5.41, 5.74) is 0.751. The molecular weight excluding hydrogens is 250 g/mol. The lowest BCUT2D eigenvalue weighted by molar-refractivity contribution is 0.468. The van der Waals surface area contributed by atoms with Crippen LogP contribution in [0.3, 0.4) is 0 Å². The lowest BCUT2D eigenvalue weighted by Crippen LogP contribution is -1.94. The average molecular weight is 260 g/mol. The topological polar surface area (TPSA) is 39.9 Å². The van der Waals surface area contributed by atoms with Crippen LogP contribution in [0.5, 0.6) is 11.6 Å². The fraction of sp³-hybridized carbons (Fsp3) is 0.0769. The van der Waals surface area contributed by atoms with Crippen LogP contribution in [0.15, 0.2) is 42.6 Å². The number of hydrogen-bond acceptors (Lipinski definition) is 3. The van der Waals surface area contributed by atoms with Gasteiger partial charge >= 0.3 is 0 Å². The second-order valence-electron chi connectivity index (χ2n) is 3.88. The van der Waals surface area contributed by atoms with Crippen molar-refractivity contribution in [1.82, 2.24) is 14.5 Å². The zero-order chi connectivity index (χ0) is 12.5. The second kappa shape index (κ2) is 4.31. The van der Waals surface area contributed by atoms with Gasteiger partial charge in [-0.3, -0.25) is 0 Å². The lowest BCUT2D eigenvalue weighted by Gasteiger charge is -2.06. The molecule has 5 heteroatoms. The fourth-order valence-corrected chi connectivity index (χ4v) is 1.92. The maximum absolute atomic E-state index is 5.90. The Balaban J connectivity index is 2.11. The van der Waals surface area contributed by atoms with E-state index in [9.17, 15) is 0 Å². The zero-order valence-corrected chi connectivity index (χ0v) is 10.4. The smallest absolute Gasteiger partial charge is 0.233 e. The molecule has 0 aliphatic heterocycles. The summed E-state index contributed by atoms with van der Waals surface area (Å²) in [4.78, 5) is 8.30. The average Bonchev–Trinajstić information content (AvgIpc) is 2.73. The minimum absolute atomic E-state index is 0.176. The van der Waals surface area contributed by atoms with Crippen molar-refractivity contribution in [2.45, 2.75) is 0 Å². The molecular formula is C13H10ClN3O. The predicted octanol–water partition coefficient (Wildman–Crippen LogP) is 3.41. The summed E-state index contributed by atoms with van der Waals surface area (Å²) in [5.74, 6) is 1.19. The van der Waals surface area contributed by atoms with Crippen molar-refractivity contribution >= 4 is 22.6 Å². The first-order valence-corrected chi connectivity index (χ1v) is 5.83. The summed E-state index contributed by atoms with van der Waals surface area (Å²) in [6.07, 6.45) is 1.90. The van der Waals surface area contributed by atoms with E-state index in [1.807, 2.05) is 54.2 Å². The Bertz CT molecular complexity index is 694. The first-order chi connectivity index (χ1) is 8.74. The highest BCUT2D eigenvalue weighted by molar-refractivity contribution is 6.28. The van der Waals surface area contributed by atoms with Gasteiger partial charge in [-0.05, 0) is 29.8 Å². The van der Waals surface area contributed by atoms with Crippen molar-refractivity contribution in [3.63, 3.8) is 0 Å². The van der Waals surface area contributed by atoms with Crippen molar-refractivity contribution in [3.05, 3.63) is 47.9 Å². The van der Waals surface area contributed by atoms with Crippen LogP contribution in [-0.2, 0) is 7.05 Å². The maximum atomic E-state index is 5.90. The number of rotatable bonds is 2. The number of ether oxygens (including phenoxy) is 1. The number of aryl methyl sites for hydroxylation is 1. The molecule has 0 fully saturated rings. The van der Waals surface area contributed by atoms with Gasteiger partial charge in [0.15, 0.2) is 0 Å². The first kappa shape index (κ1) is 11.0.